The molecule has 1 fully saturated rings. The fraction of sp³-hybridized carbons (Fsp3) is 0.632. The number of hydrogen-bond donors (Lipinski definition) is 2. The summed E-state index contributed by atoms with van der Waals surface area (Å²) in [6, 6.07) is 4.82. The van der Waals surface area contributed by atoms with E-state index in [4.69, 9.17) is 0 Å². The molecule has 6 heteroatoms. The highest BCUT2D eigenvalue weighted by atomic mass is 32.1. The number of nitrogens with one attached hydrogen (secondary N) is 1. The summed E-state index contributed by atoms with van der Waals surface area (Å²) in [5.41, 5.74) is 3.74. The molecular weight excluding hydrogens is 332 g/mol. The Morgan fingerprint density at radius 2 is 2.24 bits per heavy atom. The molecule has 2 aromatic heterocycles. The minimum absolute atomic E-state index is 0.251. The summed E-state index contributed by atoms with van der Waals surface area (Å²) in [4.78, 5) is 5.00. The first-order valence-corrected chi connectivity index (χ1v) is 10.2. The molecule has 1 saturated heterocycles. The van der Waals surface area contributed by atoms with Gasteiger partial charge in [0.05, 0.1) is 5.69 Å². The lowest BCUT2D eigenvalue weighted by atomic mass is 10.1. The molecule has 0 spiro atoms. The molecule has 2 N–H and O–H groups in total. The van der Waals surface area contributed by atoms with E-state index in [-0.39, 0.29) is 6.61 Å². The number of aliphatic hydroxyl groups is 1. The van der Waals surface area contributed by atoms with E-state index in [2.05, 4.69) is 56.7 Å². The van der Waals surface area contributed by atoms with Gasteiger partial charge in [0, 0.05) is 51.1 Å². The van der Waals surface area contributed by atoms with E-state index in [0.717, 1.165) is 51.3 Å². The Morgan fingerprint density at radius 3 is 2.96 bits per heavy atom. The molecule has 0 aromatic carbocycles. The molecule has 1 aliphatic rings. The molecule has 0 aliphatic carbocycles. The van der Waals surface area contributed by atoms with Crippen LogP contribution >= 0.6 is 11.3 Å². The van der Waals surface area contributed by atoms with E-state index < -0.39 is 0 Å². The second-order valence-corrected chi connectivity index (χ2v) is 8.27. The van der Waals surface area contributed by atoms with Crippen molar-refractivity contribution >= 4 is 11.3 Å². The van der Waals surface area contributed by atoms with Gasteiger partial charge in [-0.25, -0.2) is 0 Å². The predicted octanol–water partition coefficient (Wildman–Crippen LogP) is 2.74. The monoisotopic (exact) mass is 362 g/mol. The molecule has 25 heavy (non-hydrogen) atoms. The highest BCUT2D eigenvalue weighted by Crippen LogP contribution is 2.19. The Kier molecular flexibility index (Phi) is 6.64. The van der Waals surface area contributed by atoms with Crippen molar-refractivity contribution in [1.29, 1.82) is 0 Å². The third-order valence-corrected chi connectivity index (χ3v) is 5.54. The number of piperazine rings is 1. The van der Waals surface area contributed by atoms with E-state index in [1.165, 1.54) is 11.3 Å². The number of H-pyrrole nitrogens is 1. The number of hydrogen-bond acceptors (Lipinski definition) is 5. The maximum atomic E-state index is 9.47. The predicted molar refractivity (Wildman–Crippen MR) is 103 cm³/mol. The molecule has 0 saturated carbocycles. The highest BCUT2D eigenvalue weighted by Gasteiger charge is 2.27. The van der Waals surface area contributed by atoms with Crippen molar-refractivity contribution in [1.82, 2.24) is 20.0 Å². The van der Waals surface area contributed by atoms with Crippen LogP contribution in [0, 0.1) is 5.92 Å². The molecule has 1 aliphatic heterocycles. The number of aliphatic hydroxyl groups excluding tert-OH is 1. The van der Waals surface area contributed by atoms with Crippen LogP contribution in [0.3, 0.4) is 0 Å². The summed E-state index contributed by atoms with van der Waals surface area (Å²) in [6.07, 6.45) is 1.86. The van der Waals surface area contributed by atoms with Crippen molar-refractivity contribution < 1.29 is 5.11 Å². The molecule has 3 heterocycles. The van der Waals surface area contributed by atoms with Gasteiger partial charge in [0.2, 0.25) is 0 Å². The Hall–Kier alpha value is -1.21. The lowest BCUT2D eigenvalue weighted by Crippen LogP contribution is -2.52. The summed E-state index contributed by atoms with van der Waals surface area (Å²) in [7, 11) is 0. The summed E-state index contributed by atoms with van der Waals surface area (Å²) >= 11 is 1.75. The zero-order valence-electron chi connectivity index (χ0n) is 15.3. The van der Waals surface area contributed by atoms with Crippen molar-refractivity contribution in [2.45, 2.75) is 45.8 Å². The Bertz CT molecular complexity index is 625. The Morgan fingerprint density at radius 1 is 1.36 bits per heavy atom. The van der Waals surface area contributed by atoms with Gasteiger partial charge in [0.15, 0.2) is 0 Å². The fourth-order valence-electron chi connectivity index (χ4n) is 3.60. The second-order valence-electron chi connectivity index (χ2n) is 7.49. The highest BCUT2D eigenvalue weighted by molar-refractivity contribution is 7.07. The largest absolute Gasteiger partial charge is 0.396 e. The molecular formula is C19H30N4OS. The fourth-order valence-corrected chi connectivity index (χ4v) is 4.26. The van der Waals surface area contributed by atoms with Crippen molar-refractivity contribution in [3.05, 3.63) is 39.8 Å². The standard InChI is InChI=1S/C19H30N4OS/c1-15(2)9-17-10-18(21-20-17)12-22-5-6-23(19(13-22)3-7-24)11-16-4-8-25-14-16/h4,8,10,14-15,19,24H,3,5-7,9,11-13H2,1-2H3,(H,20,21). The van der Waals surface area contributed by atoms with Gasteiger partial charge in [0.1, 0.15) is 0 Å². The molecule has 0 bridgehead atoms. The molecule has 1 unspecified atom stereocenters. The van der Waals surface area contributed by atoms with Crippen LogP contribution in [0.1, 0.15) is 37.2 Å². The lowest BCUT2D eigenvalue weighted by molar-refractivity contribution is 0.0495. The Balaban J connectivity index is 1.56. The van der Waals surface area contributed by atoms with E-state index in [0.29, 0.717) is 12.0 Å². The number of aromatic amines is 1. The molecule has 138 valence electrons. The summed E-state index contributed by atoms with van der Waals surface area (Å²) in [5, 5.41) is 21.5. The van der Waals surface area contributed by atoms with Crippen molar-refractivity contribution in [2.75, 3.05) is 26.2 Å². The maximum Gasteiger partial charge on any atom is 0.0628 e. The number of nitrogens with zero attached hydrogens (tertiary/aromatic N) is 3. The minimum atomic E-state index is 0.251. The maximum absolute atomic E-state index is 9.47. The van der Waals surface area contributed by atoms with Gasteiger partial charge >= 0.3 is 0 Å². The van der Waals surface area contributed by atoms with Crippen LogP contribution in [0.5, 0.6) is 0 Å². The zero-order chi connectivity index (χ0) is 17.6. The molecule has 1 atom stereocenters. The van der Waals surface area contributed by atoms with Crippen molar-refractivity contribution in [3.63, 3.8) is 0 Å². The summed E-state index contributed by atoms with van der Waals surface area (Å²) in [5.74, 6) is 0.630. The van der Waals surface area contributed by atoms with Gasteiger partial charge in [0.25, 0.3) is 0 Å². The van der Waals surface area contributed by atoms with Crippen LogP contribution in [0.15, 0.2) is 22.9 Å². The first kappa shape index (κ1) is 18.6. The van der Waals surface area contributed by atoms with Gasteiger partial charge in [-0.3, -0.25) is 14.9 Å². The van der Waals surface area contributed by atoms with E-state index in [9.17, 15) is 5.11 Å². The first-order chi connectivity index (χ1) is 12.1. The number of aromatic nitrogens is 2. The van der Waals surface area contributed by atoms with Gasteiger partial charge in [-0.1, -0.05) is 13.8 Å². The van der Waals surface area contributed by atoms with Crippen LogP contribution in [-0.2, 0) is 19.5 Å². The molecule has 0 amide bonds. The topological polar surface area (TPSA) is 55.4 Å². The normalized spacial score (nSPS) is 19.8. The van der Waals surface area contributed by atoms with Gasteiger partial charge in [-0.2, -0.15) is 16.4 Å². The van der Waals surface area contributed by atoms with Crippen LogP contribution in [-0.4, -0.2) is 57.4 Å². The van der Waals surface area contributed by atoms with Crippen molar-refractivity contribution in [3.8, 4) is 0 Å². The lowest BCUT2D eigenvalue weighted by Gasteiger charge is -2.41. The summed E-state index contributed by atoms with van der Waals surface area (Å²) < 4.78 is 0. The van der Waals surface area contributed by atoms with E-state index >= 15 is 0 Å². The average Bonchev–Trinajstić information content (AvgIpc) is 3.22. The second kappa shape index (κ2) is 8.94. The third kappa shape index (κ3) is 5.38. The SMILES string of the molecule is CC(C)Cc1cc(CN2CCN(Cc3ccsc3)C(CCO)C2)[nH]n1. The zero-order valence-corrected chi connectivity index (χ0v) is 16.1. The van der Waals surface area contributed by atoms with Crippen LogP contribution in [0.25, 0.3) is 0 Å². The van der Waals surface area contributed by atoms with E-state index in [1.54, 1.807) is 11.3 Å². The number of rotatable bonds is 8. The number of thiophene rings is 1. The van der Waals surface area contributed by atoms with Gasteiger partial charge in [-0.15, -0.1) is 0 Å². The minimum Gasteiger partial charge on any atom is -0.396 e. The third-order valence-electron chi connectivity index (χ3n) is 4.81. The first-order valence-electron chi connectivity index (χ1n) is 9.25. The molecule has 0 radical (unpaired) electrons. The van der Waals surface area contributed by atoms with E-state index in [1.807, 2.05) is 0 Å². The average molecular weight is 363 g/mol. The Labute approximate surface area is 154 Å². The molecule has 3 rings (SSSR count). The van der Waals surface area contributed by atoms with Gasteiger partial charge in [-0.05, 0) is 47.2 Å². The molecule has 2 aromatic rings. The smallest absolute Gasteiger partial charge is 0.0628 e. The molecule has 5 nitrogen and oxygen atoms in total. The van der Waals surface area contributed by atoms with Crippen molar-refractivity contribution in [2.24, 2.45) is 5.92 Å². The quantitative estimate of drug-likeness (QED) is 0.758. The van der Waals surface area contributed by atoms with Gasteiger partial charge < -0.3 is 5.11 Å². The van der Waals surface area contributed by atoms with Crippen LogP contribution in [0.2, 0.25) is 0 Å². The van der Waals surface area contributed by atoms with Crippen LogP contribution in [0.4, 0.5) is 0 Å². The summed E-state index contributed by atoms with van der Waals surface area (Å²) in [6.45, 7) is 9.72. The van der Waals surface area contributed by atoms with Crippen LogP contribution < -0.4 is 0 Å².